The van der Waals surface area contributed by atoms with Gasteiger partial charge in [0.15, 0.2) is 6.29 Å². The van der Waals surface area contributed by atoms with Crippen molar-refractivity contribution in [1.82, 2.24) is 0 Å². The molecule has 5 heteroatoms. The summed E-state index contributed by atoms with van der Waals surface area (Å²) in [5.41, 5.74) is 0. The Morgan fingerprint density at radius 1 is 1.09 bits per heavy atom. The van der Waals surface area contributed by atoms with Crippen LogP contribution in [0.2, 0.25) is 0 Å². The first-order valence-corrected chi connectivity index (χ1v) is 3.51. The van der Waals surface area contributed by atoms with Crippen molar-refractivity contribution in [2.45, 2.75) is 30.7 Å². The molecule has 0 saturated carbocycles. The van der Waals surface area contributed by atoms with Crippen LogP contribution in [0.25, 0.3) is 0 Å². The quantitative estimate of drug-likeness (QED) is 0.377. The number of hydrogen-bond donors (Lipinski definition) is 3. The molecule has 2 fully saturated rings. The summed E-state index contributed by atoms with van der Waals surface area (Å²) < 4.78 is 9.83. The van der Waals surface area contributed by atoms with E-state index in [0.717, 1.165) is 0 Å². The van der Waals surface area contributed by atoms with E-state index in [4.69, 9.17) is 19.7 Å². The molecule has 2 saturated heterocycles. The summed E-state index contributed by atoms with van der Waals surface area (Å²) in [6, 6.07) is 0. The van der Waals surface area contributed by atoms with Gasteiger partial charge in [-0.3, -0.25) is 0 Å². The normalized spacial score (nSPS) is 56.5. The fourth-order valence-corrected chi connectivity index (χ4v) is 1.48. The Morgan fingerprint density at radius 3 is 2.45 bits per heavy atom. The van der Waals surface area contributed by atoms with Crippen LogP contribution in [0, 0.1) is 0 Å². The van der Waals surface area contributed by atoms with Gasteiger partial charge in [0.25, 0.3) is 0 Å². The number of ether oxygens (including phenoxy) is 2. The minimum atomic E-state index is -1.22. The van der Waals surface area contributed by atoms with Crippen molar-refractivity contribution in [3.63, 3.8) is 0 Å². The van der Waals surface area contributed by atoms with Crippen LogP contribution in [0.4, 0.5) is 0 Å². The maximum absolute atomic E-state index is 9.17. The second-order valence-corrected chi connectivity index (χ2v) is 2.85. The zero-order chi connectivity index (χ0) is 8.01. The van der Waals surface area contributed by atoms with E-state index in [1.54, 1.807) is 0 Å². The number of fused-ring (bicyclic) bond motifs is 1. The van der Waals surface area contributed by atoms with Crippen molar-refractivity contribution in [1.29, 1.82) is 0 Å². The fourth-order valence-electron chi connectivity index (χ4n) is 1.48. The van der Waals surface area contributed by atoms with E-state index < -0.39 is 30.7 Å². The molecule has 2 rings (SSSR count). The summed E-state index contributed by atoms with van der Waals surface area (Å²) in [6.45, 7) is 0.166. The highest BCUT2D eigenvalue weighted by atomic mass is 16.7. The van der Waals surface area contributed by atoms with Gasteiger partial charge < -0.3 is 24.8 Å². The number of rotatable bonds is 0. The maximum Gasteiger partial charge on any atom is 0.184 e. The van der Waals surface area contributed by atoms with Crippen LogP contribution in [0.1, 0.15) is 0 Å². The highest BCUT2D eigenvalue weighted by Crippen LogP contribution is 2.29. The topological polar surface area (TPSA) is 79.2 Å². The molecule has 5 atom stereocenters. The zero-order valence-electron chi connectivity index (χ0n) is 5.75. The molecule has 0 aromatic heterocycles. The molecule has 0 aromatic rings. The molecule has 0 amide bonds. The maximum atomic E-state index is 9.17. The first kappa shape index (κ1) is 7.45. The monoisotopic (exact) mass is 162 g/mol. The van der Waals surface area contributed by atoms with Gasteiger partial charge in [-0.15, -0.1) is 0 Å². The molecule has 0 bridgehead atoms. The van der Waals surface area contributed by atoms with Crippen LogP contribution in [-0.2, 0) is 9.47 Å². The van der Waals surface area contributed by atoms with Crippen LogP contribution >= 0.6 is 0 Å². The minimum Gasteiger partial charge on any atom is -0.388 e. The van der Waals surface area contributed by atoms with Crippen LogP contribution in [0.15, 0.2) is 0 Å². The molecule has 3 N–H and O–H groups in total. The number of hydrogen-bond acceptors (Lipinski definition) is 5. The molecule has 0 aliphatic carbocycles. The van der Waals surface area contributed by atoms with Gasteiger partial charge in [-0.1, -0.05) is 0 Å². The van der Waals surface area contributed by atoms with E-state index >= 15 is 0 Å². The minimum absolute atomic E-state index is 0.166. The molecule has 0 spiro atoms. The third-order valence-electron chi connectivity index (χ3n) is 2.09. The van der Waals surface area contributed by atoms with Gasteiger partial charge in [-0.05, 0) is 0 Å². The van der Waals surface area contributed by atoms with Gasteiger partial charge in [0.2, 0.25) is 0 Å². The molecule has 11 heavy (non-hydrogen) atoms. The highest BCUT2D eigenvalue weighted by Gasteiger charge is 2.51. The van der Waals surface area contributed by atoms with Crippen LogP contribution in [0.3, 0.4) is 0 Å². The lowest BCUT2D eigenvalue weighted by molar-refractivity contribution is -0.149. The predicted octanol–water partition coefficient (Wildman–Crippen LogP) is -2.18. The molecule has 2 heterocycles. The lowest BCUT2D eigenvalue weighted by atomic mass is 10.1. The lowest BCUT2D eigenvalue weighted by Gasteiger charge is -2.10. The van der Waals surface area contributed by atoms with Crippen LogP contribution in [0.5, 0.6) is 0 Å². The van der Waals surface area contributed by atoms with Crippen LogP contribution in [-0.4, -0.2) is 52.6 Å². The Hall–Kier alpha value is -0.200. The standard InChI is InChI=1S/C6H10O5/c7-2-1-10-5-3(8)6(9)11-4(2)5/h2-9H,1H2/t2-,3+,4+,5+,6-/m0/s1. The van der Waals surface area contributed by atoms with Crippen LogP contribution < -0.4 is 0 Å². The number of aliphatic hydroxyl groups excluding tert-OH is 3. The van der Waals surface area contributed by atoms with Gasteiger partial charge >= 0.3 is 0 Å². The van der Waals surface area contributed by atoms with Crippen molar-refractivity contribution in [3.8, 4) is 0 Å². The van der Waals surface area contributed by atoms with Gasteiger partial charge in [0.1, 0.15) is 24.4 Å². The molecule has 5 nitrogen and oxygen atoms in total. The summed E-state index contributed by atoms with van der Waals surface area (Å²) in [5, 5.41) is 27.3. The van der Waals surface area contributed by atoms with Gasteiger partial charge in [-0.2, -0.15) is 0 Å². The molecule has 64 valence electrons. The molecule has 2 aliphatic rings. The van der Waals surface area contributed by atoms with E-state index in [2.05, 4.69) is 0 Å². The summed E-state index contributed by atoms with van der Waals surface area (Å²) in [5.74, 6) is 0. The molecule has 0 unspecified atom stereocenters. The third-order valence-corrected chi connectivity index (χ3v) is 2.09. The Bertz CT molecular complexity index is 161. The lowest BCUT2D eigenvalue weighted by Crippen LogP contribution is -2.32. The smallest absolute Gasteiger partial charge is 0.184 e. The Labute approximate surface area is 63.2 Å². The first-order valence-electron chi connectivity index (χ1n) is 3.51. The highest BCUT2D eigenvalue weighted by molar-refractivity contribution is 4.95. The predicted molar refractivity (Wildman–Crippen MR) is 32.6 cm³/mol. The molecular weight excluding hydrogens is 152 g/mol. The summed E-state index contributed by atoms with van der Waals surface area (Å²) in [7, 11) is 0. The van der Waals surface area contributed by atoms with E-state index in [1.807, 2.05) is 0 Å². The zero-order valence-corrected chi connectivity index (χ0v) is 5.75. The van der Waals surface area contributed by atoms with E-state index in [1.165, 1.54) is 0 Å². The number of aliphatic hydroxyl groups is 3. The Morgan fingerprint density at radius 2 is 1.82 bits per heavy atom. The molecule has 2 aliphatic heterocycles. The van der Waals surface area contributed by atoms with E-state index in [0.29, 0.717) is 0 Å². The third kappa shape index (κ3) is 0.969. The van der Waals surface area contributed by atoms with Crippen molar-refractivity contribution in [3.05, 3.63) is 0 Å². The second kappa shape index (κ2) is 2.40. The first-order chi connectivity index (χ1) is 5.20. The molecule has 0 radical (unpaired) electrons. The molecule has 0 aromatic carbocycles. The fraction of sp³-hybridized carbons (Fsp3) is 1.00. The Kier molecular flexibility index (Phi) is 1.62. The SMILES string of the molecule is O[C@@H]1[C@H]2OC[C@H](O)[C@H]2O[C@@H]1O. The average molecular weight is 162 g/mol. The van der Waals surface area contributed by atoms with Crippen molar-refractivity contribution >= 4 is 0 Å². The summed E-state index contributed by atoms with van der Waals surface area (Å²) in [4.78, 5) is 0. The summed E-state index contributed by atoms with van der Waals surface area (Å²) >= 11 is 0. The Balaban J connectivity index is 2.12. The molecular formula is C6H10O5. The second-order valence-electron chi connectivity index (χ2n) is 2.85. The van der Waals surface area contributed by atoms with Crippen molar-refractivity contribution in [2.75, 3.05) is 6.61 Å². The van der Waals surface area contributed by atoms with Gasteiger partial charge in [0, 0.05) is 0 Å². The van der Waals surface area contributed by atoms with Gasteiger partial charge in [0.05, 0.1) is 6.61 Å². The largest absolute Gasteiger partial charge is 0.388 e. The average Bonchev–Trinajstić information content (AvgIpc) is 2.43. The summed E-state index contributed by atoms with van der Waals surface area (Å²) in [6.07, 6.45) is -4.12. The van der Waals surface area contributed by atoms with Gasteiger partial charge in [-0.25, -0.2) is 0 Å². The van der Waals surface area contributed by atoms with E-state index in [9.17, 15) is 5.11 Å². The van der Waals surface area contributed by atoms with Crippen molar-refractivity contribution in [2.24, 2.45) is 0 Å². The van der Waals surface area contributed by atoms with E-state index in [-0.39, 0.29) is 6.61 Å². The van der Waals surface area contributed by atoms with Crippen molar-refractivity contribution < 1.29 is 24.8 Å².